The van der Waals surface area contributed by atoms with E-state index in [1.807, 2.05) is 24.3 Å². The molecule has 2 aliphatic carbocycles. The Kier molecular flexibility index (Phi) is 5.11. The van der Waals surface area contributed by atoms with E-state index in [0.29, 0.717) is 13.2 Å². The molecular formula is C22H25ClN2O3. The van der Waals surface area contributed by atoms with E-state index in [1.54, 1.807) is 0 Å². The number of carbonyl (C=O) groups is 1. The second-order valence-corrected chi connectivity index (χ2v) is 7.76. The molecule has 28 heavy (non-hydrogen) atoms. The first kappa shape index (κ1) is 18.9. The Morgan fingerprint density at radius 3 is 2.75 bits per heavy atom. The number of fused-ring (bicyclic) bond motifs is 2. The molecule has 1 aliphatic heterocycles. The van der Waals surface area contributed by atoms with Crippen molar-refractivity contribution in [3.63, 3.8) is 0 Å². The number of hydrogen-bond donors (Lipinski definition) is 2. The monoisotopic (exact) mass is 400 g/mol. The maximum atomic E-state index is 12.8. The number of rotatable bonds is 3. The number of benzene rings is 2. The van der Waals surface area contributed by atoms with Crippen LogP contribution in [0.3, 0.4) is 0 Å². The van der Waals surface area contributed by atoms with Crippen molar-refractivity contribution in [2.24, 2.45) is 5.92 Å². The molecule has 5 nitrogen and oxygen atoms in total. The molecule has 0 bridgehead atoms. The first-order valence-corrected chi connectivity index (χ1v) is 9.77. The molecule has 3 aliphatic rings. The highest BCUT2D eigenvalue weighted by Gasteiger charge is 2.45. The second kappa shape index (κ2) is 7.55. The predicted octanol–water partition coefficient (Wildman–Crippen LogP) is 3.76. The Morgan fingerprint density at radius 2 is 1.89 bits per heavy atom. The molecule has 0 spiro atoms. The molecule has 1 fully saturated rings. The largest absolute Gasteiger partial charge is 0.486 e. The van der Waals surface area contributed by atoms with Gasteiger partial charge in [0.15, 0.2) is 11.5 Å². The van der Waals surface area contributed by atoms with Crippen molar-refractivity contribution in [2.75, 3.05) is 18.9 Å². The van der Waals surface area contributed by atoms with Gasteiger partial charge in [0.05, 0.1) is 6.04 Å². The molecule has 3 atom stereocenters. The molecule has 0 saturated heterocycles. The third-order valence-corrected chi connectivity index (χ3v) is 5.92. The summed E-state index contributed by atoms with van der Waals surface area (Å²) in [6, 6.07) is 12.2. The van der Waals surface area contributed by atoms with E-state index in [4.69, 9.17) is 15.2 Å². The summed E-state index contributed by atoms with van der Waals surface area (Å²) >= 11 is 0. The van der Waals surface area contributed by atoms with Crippen LogP contribution in [0.1, 0.15) is 47.9 Å². The standard InChI is InChI=1S/C22H24N2O3.ClH/c23-15-5-6-16-13(10-15)2-1-3-19(16)24-22(25)18-12-17(18)14-4-7-20-21(11-14)27-9-8-26-20;/h4-7,10-11,17-19H,1-3,8-9,12,23H2,(H,24,25);1H. The Balaban J connectivity index is 0.00000192. The molecule has 2 aromatic rings. The SMILES string of the molecule is Cl.Nc1ccc2c(c1)CCCC2NC(=O)C1CC1c1ccc2c(c1)OCCO2. The number of hydrogen-bond acceptors (Lipinski definition) is 4. The topological polar surface area (TPSA) is 73.6 Å². The van der Waals surface area contributed by atoms with Crippen LogP contribution in [-0.4, -0.2) is 19.1 Å². The van der Waals surface area contributed by atoms with Crippen molar-refractivity contribution in [1.82, 2.24) is 5.32 Å². The third-order valence-electron chi connectivity index (χ3n) is 5.92. The molecule has 1 amide bonds. The average molecular weight is 401 g/mol. The molecule has 5 rings (SSSR count). The van der Waals surface area contributed by atoms with E-state index in [1.165, 1.54) is 11.1 Å². The lowest BCUT2D eigenvalue weighted by Gasteiger charge is -2.27. The van der Waals surface area contributed by atoms with E-state index < -0.39 is 0 Å². The fraction of sp³-hybridized carbons (Fsp3) is 0.409. The van der Waals surface area contributed by atoms with E-state index in [9.17, 15) is 4.79 Å². The fourth-order valence-corrected chi connectivity index (χ4v) is 4.41. The first-order valence-electron chi connectivity index (χ1n) is 9.77. The number of aryl methyl sites for hydroxylation is 1. The lowest BCUT2D eigenvalue weighted by atomic mass is 9.87. The van der Waals surface area contributed by atoms with Gasteiger partial charge in [0.25, 0.3) is 0 Å². The second-order valence-electron chi connectivity index (χ2n) is 7.76. The molecule has 1 heterocycles. The fourth-order valence-electron chi connectivity index (χ4n) is 4.41. The van der Waals surface area contributed by atoms with Crippen molar-refractivity contribution in [3.8, 4) is 11.5 Å². The van der Waals surface area contributed by atoms with Crippen molar-refractivity contribution in [2.45, 2.75) is 37.6 Å². The minimum Gasteiger partial charge on any atom is -0.486 e. The molecule has 0 aromatic heterocycles. The number of anilines is 1. The summed E-state index contributed by atoms with van der Waals surface area (Å²) in [5, 5.41) is 3.28. The zero-order valence-corrected chi connectivity index (χ0v) is 16.5. The van der Waals surface area contributed by atoms with Crippen molar-refractivity contribution in [3.05, 3.63) is 53.1 Å². The number of amides is 1. The summed E-state index contributed by atoms with van der Waals surface area (Å²) in [4.78, 5) is 12.8. The van der Waals surface area contributed by atoms with Gasteiger partial charge in [-0.15, -0.1) is 12.4 Å². The van der Waals surface area contributed by atoms with Crippen LogP contribution in [0.2, 0.25) is 0 Å². The highest BCUT2D eigenvalue weighted by atomic mass is 35.5. The maximum absolute atomic E-state index is 12.8. The lowest BCUT2D eigenvalue weighted by molar-refractivity contribution is -0.123. The summed E-state index contributed by atoms with van der Waals surface area (Å²) in [7, 11) is 0. The average Bonchev–Trinajstić information content (AvgIpc) is 3.48. The van der Waals surface area contributed by atoms with Gasteiger partial charge in [-0.1, -0.05) is 12.1 Å². The summed E-state index contributed by atoms with van der Waals surface area (Å²) < 4.78 is 11.3. The van der Waals surface area contributed by atoms with Crippen molar-refractivity contribution in [1.29, 1.82) is 0 Å². The highest BCUT2D eigenvalue weighted by Crippen LogP contribution is 2.49. The summed E-state index contributed by atoms with van der Waals surface area (Å²) in [5.74, 6) is 2.07. The predicted molar refractivity (Wildman–Crippen MR) is 110 cm³/mol. The molecule has 148 valence electrons. The molecular weight excluding hydrogens is 376 g/mol. The maximum Gasteiger partial charge on any atom is 0.224 e. The zero-order valence-electron chi connectivity index (χ0n) is 15.6. The quantitative estimate of drug-likeness (QED) is 0.769. The van der Waals surface area contributed by atoms with Gasteiger partial charge in [0, 0.05) is 11.6 Å². The number of carbonyl (C=O) groups excluding carboxylic acids is 1. The molecule has 3 N–H and O–H groups in total. The third kappa shape index (κ3) is 3.51. The minimum absolute atomic E-state index is 0. The van der Waals surface area contributed by atoms with Crippen LogP contribution < -0.4 is 20.5 Å². The minimum atomic E-state index is 0. The van der Waals surface area contributed by atoms with Crippen molar-refractivity contribution < 1.29 is 14.3 Å². The Hall–Kier alpha value is -2.40. The number of nitrogens with one attached hydrogen (secondary N) is 1. The molecule has 1 saturated carbocycles. The smallest absolute Gasteiger partial charge is 0.224 e. The highest BCUT2D eigenvalue weighted by molar-refractivity contribution is 5.85. The number of ether oxygens (including phenoxy) is 2. The van der Waals surface area contributed by atoms with Crippen LogP contribution in [0.5, 0.6) is 11.5 Å². The Bertz CT molecular complexity index is 901. The summed E-state index contributed by atoms with van der Waals surface area (Å²) in [6.45, 7) is 1.17. The van der Waals surface area contributed by atoms with Gasteiger partial charge in [-0.05, 0) is 72.6 Å². The van der Waals surface area contributed by atoms with Gasteiger partial charge in [-0.3, -0.25) is 4.79 Å². The van der Waals surface area contributed by atoms with Gasteiger partial charge < -0.3 is 20.5 Å². The van der Waals surface area contributed by atoms with E-state index in [-0.39, 0.29) is 36.2 Å². The van der Waals surface area contributed by atoms with Gasteiger partial charge in [0.1, 0.15) is 13.2 Å². The number of nitrogens with two attached hydrogens (primary N) is 1. The normalized spacial score (nSPS) is 24.5. The van der Waals surface area contributed by atoms with Gasteiger partial charge in [0.2, 0.25) is 5.91 Å². The molecule has 3 unspecified atom stereocenters. The van der Waals surface area contributed by atoms with Crippen molar-refractivity contribution >= 4 is 24.0 Å². The Morgan fingerprint density at radius 1 is 1.07 bits per heavy atom. The Labute approximate surface area is 171 Å². The van der Waals surface area contributed by atoms with Crippen LogP contribution in [0.15, 0.2) is 36.4 Å². The number of halogens is 1. The van der Waals surface area contributed by atoms with Crippen LogP contribution in [0.4, 0.5) is 5.69 Å². The van der Waals surface area contributed by atoms with Crippen LogP contribution in [0.25, 0.3) is 0 Å². The van der Waals surface area contributed by atoms with E-state index >= 15 is 0 Å². The van der Waals surface area contributed by atoms with Crippen LogP contribution in [-0.2, 0) is 11.2 Å². The summed E-state index contributed by atoms with van der Waals surface area (Å²) in [6.07, 6.45) is 4.00. The van der Waals surface area contributed by atoms with Gasteiger partial charge in [-0.2, -0.15) is 0 Å². The van der Waals surface area contributed by atoms with Crippen LogP contribution >= 0.6 is 12.4 Å². The van der Waals surface area contributed by atoms with Gasteiger partial charge in [-0.25, -0.2) is 0 Å². The van der Waals surface area contributed by atoms with Gasteiger partial charge >= 0.3 is 0 Å². The van der Waals surface area contributed by atoms with Crippen LogP contribution in [0, 0.1) is 5.92 Å². The lowest BCUT2D eigenvalue weighted by Crippen LogP contribution is -2.32. The van der Waals surface area contributed by atoms with E-state index in [0.717, 1.165) is 48.4 Å². The molecule has 0 radical (unpaired) electrons. The number of nitrogen functional groups attached to an aromatic ring is 1. The summed E-state index contributed by atoms with van der Waals surface area (Å²) in [5.41, 5.74) is 10.4. The molecule has 2 aromatic carbocycles. The first-order chi connectivity index (χ1) is 13.2. The zero-order chi connectivity index (χ0) is 18.4. The van der Waals surface area contributed by atoms with E-state index in [2.05, 4.69) is 17.4 Å². The molecule has 6 heteroatoms.